The van der Waals surface area contributed by atoms with Crippen LogP contribution in [0.5, 0.6) is 0 Å². The molecule has 0 radical (unpaired) electrons. The molecule has 12 rings (SSSR count). The SMILES string of the molecule is c1cc(-c2cccc(N(c3ccc(-c4ccc5sc6ccccc6c5c4)cc3)c3ccc4c5ccccc5c5ccccc5c4c3)c2)cc(-c2cccc3ccccc23)c1. The monoisotopic (exact) mass is 779 g/mol. The maximum Gasteiger partial charge on any atom is 0.0468 e. The standard InChI is InChI=1S/C58H37NS/c1-2-18-47-39(12-1)13-11-24-48(47)43-16-9-14-40(34-43)41-15-10-17-45(35-41)59(46-31-32-53-51-21-4-3-19-49(51)50-20-5-6-22-52(50)55(53)37-46)44-29-26-38(27-30-44)42-28-33-58-56(36-42)54-23-7-8-25-57(54)60-58/h1-37H. The number of anilines is 3. The van der Waals surface area contributed by atoms with Gasteiger partial charge in [0.2, 0.25) is 0 Å². The van der Waals surface area contributed by atoms with Crippen LogP contribution in [0.1, 0.15) is 0 Å². The number of thiophene rings is 1. The lowest BCUT2D eigenvalue weighted by molar-refractivity contribution is 1.29. The minimum absolute atomic E-state index is 1.10. The Hall–Kier alpha value is -7.52. The van der Waals surface area contributed by atoms with Crippen LogP contribution in [-0.2, 0) is 0 Å². The normalized spacial score (nSPS) is 11.7. The fourth-order valence-electron chi connectivity index (χ4n) is 9.36. The van der Waals surface area contributed by atoms with Crippen molar-refractivity contribution < 1.29 is 0 Å². The van der Waals surface area contributed by atoms with Crippen molar-refractivity contribution in [3.8, 4) is 33.4 Å². The zero-order valence-electron chi connectivity index (χ0n) is 32.7. The largest absolute Gasteiger partial charge is 0.310 e. The van der Waals surface area contributed by atoms with Gasteiger partial charge in [0, 0.05) is 37.2 Å². The average Bonchev–Trinajstić information content (AvgIpc) is 3.70. The molecule has 280 valence electrons. The van der Waals surface area contributed by atoms with Gasteiger partial charge in [-0.15, -0.1) is 11.3 Å². The molecule has 0 N–H and O–H groups in total. The van der Waals surface area contributed by atoms with E-state index in [9.17, 15) is 0 Å². The van der Waals surface area contributed by atoms with E-state index in [-0.39, 0.29) is 0 Å². The first kappa shape index (κ1) is 34.5. The van der Waals surface area contributed by atoms with E-state index in [4.69, 9.17) is 0 Å². The molecular formula is C58H37NS. The Bertz CT molecular complexity index is 3570. The third-order valence-electron chi connectivity index (χ3n) is 12.2. The van der Waals surface area contributed by atoms with Gasteiger partial charge in [-0.05, 0) is 137 Å². The molecule has 0 aliphatic rings. The van der Waals surface area contributed by atoms with E-state index in [2.05, 4.69) is 229 Å². The average molecular weight is 780 g/mol. The molecule has 1 nitrogen and oxygen atoms in total. The third kappa shape index (κ3) is 5.76. The van der Waals surface area contributed by atoms with Crippen molar-refractivity contribution in [2.24, 2.45) is 0 Å². The maximum atomic E-state index is 2.42. The Morgan fingerprint density at radius 2 is 0.767 bits per heavy atom. The van der Waals surface area contributed by atoms with Crippen molar-refractivity contribution in [2.45, 2.75) is 0 Å². The second-order valence-corrected chi connectivity index (χ2v) is 16.8. The van der Waals surface area contributed by atoms with E-state index >= 15 is 0 Å². The lowest BCUT2D eigenvalue weighted by Gasteiger charge is -2.27. The first-order chi connectivity index (χ1) is 29.7. The predicted molar refractivity (Wildman–Crippen MR) is 260 cm³/mol. The number of nitrogens with zero attached hydrogens (tertiary/aromatic N) is 1. The highest BCUT2D eigenvalue weighted by Gasteiger charge is 2.17. The van der Waals surface area contributed by atoms with Gasteiger partial charge in [-0.1, -0.05) is 164 Å². The summed E-state index contributed by atoms with van der Waals surface area (Å²) in [4.78, 5) is 2.42. The molecule has 0 atom stereocenters. The van der Waals surface area contributed by atoms with E-state index in [1.54, 1.807) is 0 Å². The van der Waals surface area contributed by atoms with E-state index in [0.717, 1.165) is 17.1 Å². The molecule has 11 aromatic carbocycles. The van der Waals surface area contributed by atoms with Gasteiger partial charge in [0.25, 0.3) is 0 Å². The Morgan fingerprint density at radius 1 is 0.250 bits per heavy atom. The van der Waals surface area contributed by atoms with Gasteiger partial charge in [-0.3, -0.25) is 0 Å². The lowest BCUT2D eigenvalue weighted by Crippen LogP contribution is -2.10. The summed E-state index contributed by atoms with van der Waals surface area (Å²) >= 11 is 1.86. The molecule has 0 amide bonds. The first-order valence-electron chi connectivity index (χ1n) is 20.6. The van der Waals surface area contributed by atoms with Crippen molar-refractivity contribution >= 4 is 91.7 Å². The zero-order chi connectivity index (χ0) is 39.6. The summed E-state index contributed by atoms with van der Waals surface area (Å²) < 4.78 is 2.65. The Kier molecular flexibility index (Phi) is 8.11. The molecule has 0 aliphatic heterocycles. The van der Waals surface area contributed by atoms with Crippen LogP contribution >= 0.6 is 11.3 Å². The number of rotatable bonds is 6. The van der Waals surface area contributed by atoms with Crippen molar-refractivity contribution in [2.75, 3.05) is 4.90 Å². The number of fused-ring (bicyclic) bond motifs is 10. The third-order valence-corrected chi connectivity index (χ3v) is 13.4. The Balaban J connectivity index is 1.01. The van der Waals surface area contributed by atoms with Crippen LogP contribution in [0.3, 0.4) is 0 Å². The van der Waals surface area contributed by atoms with Crippen LogP contribution in [0.4, 0.5) is 17.1 Å². The smallest absolute Gasteiger partial charge is 0.0468 e. The molecule has 0 aliphatic carbocycles. The van der Waals surface area contributed by atoms with Crippen LogP contribution < -0.4 is 4.90 Å². The predicted octanol–water partition coefficient (Wildman–Crippen LogP) is 17.1. The highest BCUT2D eigenvalue weighted by molar-refractivity contribution is 7.25. The van der Waals surface area contributed by atoms with Crippen molar-refractivity contribution in [1.29, 1.82) is 0 Å². The molecule has 0 saturated heterocycles. The molecule has 0 fully saturated rings. The molecule has 1 heterocycles. The second-order valence-electron chi connectivity index (χ2n) is 15.7. The van der Waals surface area contributed by atoms with Crippen molar-refractivity contribution in [1.82, 2.24) is 0 Å². The van der Waals surface area contributed by atoms with Crippen LogP contribution in [0.15, 0.2) is 224 Å². The number of hydrogen-bond donors (Lipinski definition) is 0. The molecule has 0 unspecified atom stereocenters. The molecule has 0 saturated carbocycles. The van der Waals surface area contributed by atoms with Gasteiger partial charge in [-0.25, -0.2) is 0 Å². The van der Waals surface area contributed by atoms with Gasteiger partial charge >= 0.3 is 0 Å². The summed E-state index contributed by atoms with van der Waals surface area (Å²) in [6.45, 7) is 0. The fraction of sp³-hybridized carbons (Fsp3) is 0. The summed E-state index contributed by atoms with van der Waals surface area (Å²) in [6.07, 6.45) is 0. The lowest BCUT2D eigenvalue weighted by atomic mass is 9.93. The van der Waals surface area contributed by atoms with E-state index < -0.39 is 0 Å². The van der Waals surface area contributed by atoms with E-state index in [1.165, 1.54) is 96.6 Å². The number of benzene rings is 11. The molecule has 0 spiro atoms. The molecule has 1 aromatic heterocycles. The summed E-state index contributed by atoms with van der Waals surface area (Å²) in [5.74, 6) is 0. The van der Waals surface area contributed by atoms with Crippen LogP contribution in [0.25, 0.3) is 96.6 Å². The van der Waals surface area contributed by atoms with Crippen molar-refractivity contribution in [3.63, 3.8) is 0 Å². The molecule has 12 aromatic rings. The second kappa shape index (κ2) is 14.1. The van der Waals surface area contributed by atoms with Crippen LogP contribution in [0, 0.1) is 0 Å². The van der Waals surface area contributed by atoms with Crippen LogP contribution in [0.2, 0.25) is 0 Å². The van der Waals surface area contributed by atoms with Gasteiger partial charge in [0.1, 0.15) is 0 Å². The summed E-state index contributed by atoms with van der Waals surface area (Å²) in [5.41, 5.74) is 10.6. The first-order valence-corrected chi connectivity index (χ1v) is 21.4. The zero-order valence-corrected chi connectivity index (χ0v) is 33.5. The Morgan fingerprint density at radius 3 is 1.55 bits per heavy atom. The quantitative estimate of drug-likeness (QED) is 0.152. The molecule has 0 bridgehead atoms. The fourth-order valence-corrected chi connectivity index (χ4v) is 10.4. The van der Waals surface area contributed by atoms with Gasteiger partial charge in [-0.2, -0.15) is 0 Å². The topological polar surface area (TPSA) is 3.24 Å². The van der Waals surface area contributed by atoms with Crippen LogP contribution in [-0.4, -0.2) is 0 Å². The van der Waals surface area contributed by atoms with Gasteiger partial charge in [0.05, 0.1) is 0 Å². The summed E-state index contributed by atoms with van der Waals surface area (Å²) in [7, 11) is 0. The Labute approximate surface area is 352 Å². The highest BCUT2D eigenvalue weighted by atomic mass is 32.1. The molecular weight excluding hydrogens is 743 g/mol. The van der Waals surface area contributed by atoms with Gasteiger partial charge in [0.15, 0.2) is 0 Å². The minimum Gasteiger partial charge on any atom is -0.310 e. The highest BCUT2D eigenvalue weighted by Crippen LogP contribution is 2.43. The molecule has 60 heavy (non-hydrogen) atoms. The summed E-state index contributed by atoms with van der Waals surface area (Å²) in [6, 6.07) is 82.6. The molecule has 2 heteroatoms. The summed E-state index contributed by atoms with van der Waals surface area (Å²) in [5, 5.41) is 12.8. The van der Waals surface area contributed by atoms with E-state index in [1.807, 2.05) is 11.3 Å². The number of hydrogen-bond acceptors (Lipinski definition) is 2. The van der Waals surface area contributed by atoms with Gasteiger partial charge < -0.3 is 4.90 Å². The minimum atomic E-state index is 1.10. The maximum absolute atomic E-state index is 2.42. The van der Waals surface area contributed by atoms with E-state index in [0.29, 0.717) is 0 Å². The van der Waals surface area contributed by atoms with Crippen molar-refractivity contribution in [3.05, 3.63) is 224 Å².